The van der Waals surface area contributed by atoms with Gasteiger partial charge in [-0.25, -0.2) is 0 Å². The minimum absolute atomic E-state index is 0.0381. The second-order valence-electron chi connectivity index (χ2n) is 5.29. The summed E-state index contributed by atoms with van der Waals surface area (Å²) in [5.74, 6) is 2.15. The molecule has 1 aliphatic carbocycles. The van der Waals surface area contributed by atoms with Gasteiger partial charge in [-0.15, -0.1) is 0 Å². The maximum Gasteiger partial charge on any atom is 0.161 e. The van der Waals surface area contributed by atoms with Gasteiger partial charge in [0.25, 0.3) is 0 Å². The summed E-state index contributed by atoms with van der Waals surface area (Å²) in [6, 6.07) is 5.39. The molecular weight excluding hydrogens is 240 g/mol. The number of rotatable bonds is 4. The summed E-state index contributed by atoms with van der Waals surface area (Å²) >= 11 is 0. The highest BCUT2D eigenvalue weighted by molar-refractivity contribution is 5.95. The third kappa shape index (κ3) is 3.40. The summed E-state index contributed by atoms with van der Waals surface area (Å²) in [5.41, 5.74) is 6.13. The van der Waals surface area contributed by atoms with E-state index in [2.05, 4.69) is 6.92 Å². The van der Waals surface area contributed by atoms with Crippen LogP contribution in [-0.2, 0) is 0 Å². The van der Waals surface area contributed by atoms with Gasteiger partial charge in [-0.3, -0.25) is 5.41 Å². The molecule has 0 heterocycles. The van der Waals surface area contributed by atoms with Crippen LogP contribution < -0.4 is 15.2 Å². The third-order valence-electron chi connectivity index (χ3n) is 3.66. The molecule has 1 fully saturated rings. The second-order valence-corrected chi connectivity index (χ2v) is 5.29. The number of hydrogen-bond donors (Lipinski definition) is 2. The number of methoxy groups -OCH3 is 1. The van der Waals surface area contributed by atoms with Crippen LogP contribution in [0.3, 0.4) is 0 Å². The van der Waals surface area contributed by atoms with Crippen LogP contribution in [0.25, 0.3) is 0 Å². The quantitative estimate of drug-likeness (QED) is 0.647. The molecule has 0 aliphatic heterocycles. The highest BCUT2D eigenvalue weighted by Gasteiger charge is 2.21. The molecule has 1 aliphatic rings. The molecule has 4 nitrogen and oxygen atoms in total. The van der Waals surface area contributed by atoms with E-state index in [1.54, 1.807) is 19.2 Å². The molecule has 0 amide bonds. The van der Waals surface area contributed by atoms with E-state index < -0.39 is 0 Å². The van der Waals surface area contributed by atoms with E-state index in [-0.39, 0.29) is 11.9 Å². The maximum atomic E-state index is 7.44. The first kappa shape index (κ1) is 13.7. The molecule has 0 spiro atoms. The van der Waals surface area contributed by atoms with Gasteiger partial charge in [0.05, 0.1) is 13.2 Å². The van der Waals surface area contributed by atoms with Crippen molar-refractivity contribution < 1.29 is 9.47 Å². The van der Waals surface area contributed by atoms with Gasteiger partial charge < -0.3 is 15.2 Å². The van der Waals surface area contributed by atoms with Gasteiger partial charge in [0, 0.05) is 5.56 Å². The Morgan fingerprint density at radius 1 is 1.32 bits per heavy atom. The maximum absolute atomic E-state index is 7.44. The lowest BCUT2D eigenvalue weighted by molar-refractivity contribution is 0.125. The Bertz CT molecular complexity index is 459. The van der Waals surface area contributed by atoms with Crippen molar-refractivity contribution in [2.75, 3.05) is 7.11 Å². The fourth-order valence-corrected chi connectivity index (χ4v) is 2.60. The van der Waals surface area contributed by atoms with Crippen molar-refractivity contribution in [1.82, 2.24) is 0 Å². The summed E-state index contributed by atoms with van der Waals surface area (Å²) < 4.78 is 11.4. The molecule has 2 unspecified atom stereocenters. The molecule has 104 valence electrons. The molecule has 2 rings (SSSR count). The monoisotopic (exact) mass is 262 g/mol. The number of amidine groups is 1. The van der Waals surface area contributed by atoms with Gasteiger partial charge in [0.1, 0.15) is 5.84 Å². The van der Waals surface area contributed by atoms with Crippen LogP contribution in [0.2, 0.25) is 0 Å². The first-order valence-corrected chi connectivity index (χ1v) is 6.79. The molecule has 3 N–H and O–H groups in total. The number of nitrogens with two attached hydrogens (primary N) is 1. The van der Waals surface area contributed by atoms with E-state index in [1.807, 2.05) is 6.07 Å². The van der Waals surface area contributed by atoms with E-state index in [0.717, 1.165) is 24.5 Å². The zero-order chi connectivity index (χ0) is 13.8. The number of benzene rings is 1. The van der Waals surface area contributed by atoms with Gasteiger partial charge in [0.15, 0.2) is 11.5 Å². The van der Waals surface area contributed by atoms with Crippen LogP contribution in [0.1, 0.15) is 38.2 Å². The summed E-state index contributed by atoms with van der Waals surface area (Å²) in [6.07, 6.45) is 4.97. The van der Waals surface area contributed by atoms with Gasteiger partial charge >= 0.3 is 0 Å². The van der Waals surface area contributed by atoms with Crippen molar-refractivity contribution in [3.05, 3.63) is 23.8 Å². The van der Waals surface area contributed by atoms with Gasteiger partial charge in [-0.1, -0.05) is 13.3 Å². The average molecular weight is 262 g/mol. The second kappa shape index (κ2) is 5.95. The van der Waals surface area contributed by atoms with Crippen molar-refractivity contribution in [3.8, 4) is 11.5 Å². The van der Waals surface area contributed by atoms with Crippen LogP contribution in [0.5, 0.6) is 11.5 Å². The number of nitrogen functional groups attached to an aromatic ring is 1. The SMILES string of the molecule is COc1cc(C(=N)N)ccc1OC1CCCC(C)C1. The Labute approximate surface area is 114 Å². The van der Waals surface area contributed by atoms with Crippen LogP contribution in [0, 0.1) is 11.3 Å². The molecule has 0 radical (unpaired) electrons. The molecule has 1 saturated carbocycles. The zero-order valence-corrected chi connectivity index (χ0v) is 11.6. The highest BCUT2D eigenvalue weighted by Crippen LogP contribution is 2.33. The van der Waals surface area contributed by atoms with E-state index in [4.69, 9.17) is 20.6 Å². The van der Waals surface area contributed by atoms with Crippen molar-refractivity contribution in [1.29, 1.82) is 5.41 Å². The minimum Gasteiger partial charge on any atom is -0.493 e. The Hall–Kier alpha value is -1.71. The lowest BCUT2D eigenvalue weighted by Crippen LogP contribution is -2.24. The fourth-order valence-electron chi connectivity index (χ4n) is 2.60. The van der Waals surface area contributed by atoms with E-state index in [1.165, 1.54) is 12.8 Å². The van der Waals surface area contributed by atoms with Crippen LogP contribution >= 0.6 is 0 Å². The van der Waals surface area contributed by atoms with Crippen molar-refractivity contribution >= 4 is 5.84 Å². The van der Waals surface area contributed by atoms with Crippen molar-refractivity contribution in [3.63, 3.8) is 0 Å². The smallest absolute Gasteiger partial charge is 0.161 e. The Kier molecular flexibility index (Phi) is 4.30. The van der Waals surface area contributed by atoms with Gasteiger partial charge in [-0.05, 0) is 43.4 Å². The molecule has 1 aromatic carbocycles. The van der Waals surface area contributed by atoms with Crippen LogP contribution in [-0.4, -0.2) is 19.0 Å². The predicted octanol–water partition coefficient (Wildman–Crippen LogP) is 2.94. The number of hydrogen-bond acceptors (Lipinski definition) is 3. The molecule has 0 saturated heterocycles. The molecule has 0 aromatic heterocycles. The standard InChI is InChI=1S/C15H22N2O2/c1-10-4-3-5-12(8-10)19-13-7-6-11(15(16)17)9-14(13)18-2/h6-7,9-10,12H,3-5,8H2,1-2H3,(H3,16,17). The predicted molar refractivity (Wildman–Crippen MR) is 76.1 cm³/mol. The number of nitrogens with one attached hydrogen (secondary N) is 1. The largest absolute Gasteiger partial charge is 0.493 e. The zero-order valence-electron chi connectivity index (χ0n) is 11.6. The van der Waals surface area contributed by atoms with Gasteiger partial charge in [0.2, 0.25) is 0 Å². The van der Waals surface area contributed by atoms with Crippen LogP contribution in [0.4, 0.5) is 0 Å². The Morgan fingerprint density at radius 2 is 2.11 bits per heavy atom. The third-order valence-corrected chi connectivity index (χ3v) is 3.66. The molecule has 2 atom stereocenters. The molecule has 0 bridgehead atoms. The van der Waals surface area contributed by atoms with Crippen molar-refractivity contribution in [2.24, 2.45) is 11.7 Å². The molecule has 19 heavy (non-hydrogen) atoms. The summed E-state index contributed by atoms with van der Waals surface area (Å²) in [7, 11) is 1.61. The van der Waals surface area contributed by atoms with Gasteiger partial charge in [-0.2, -0.15) is 0 Å². The summed E-state index contributed by atoms with van der Waals surface area (Å²) in [6.45, 7) is 2.27. The van der Waals surface area contributed by atoms with Crippen LogP contribution in [0.15, 0.2) is 18.2 Å². The summed E-state index contributed by atoms with van der Waals surface area (Å²) in [4.78, 5) is 0. The average Bonchev–Trinajstić information content (AvgIpc) is 2.39. The lowest BCUT2D eigenvalue weighted by atomic mass is 9.89. The molecular formula is C15H22N2O2. The first-order valence-electron chi connectivity index (χ1n) is 6.79. The molecule has 4 heteroatoms. The summed E-state index contributed by atoms with van der Waals surface area (Å²) in [5, 5.41) is 7.44. The topological polar surface area (TPSA) is 68.3 Å². The van der Waals surface area contributed by atoms with E-state index in [0.29, 0.717) is 11.3 Å². The lowest BCUT2D eigenvalue weighted by Gasteiger charge is -2.28. The number of ether oxygens (including phenoxy) is 2. The fraction of sp³-hybridized carbons (Fsp3) is 0.533. The normalized spacial score (nSPS) is 22.8. The Balaban J connectivity index is 2.13. The van der Waals surface area contributed by atoms with Crippen molar-refractivity contribution in [2.45, 2.75) is 38.7 Å². The minimum atomic E-state index is 0.0381. The van der Waals surface area contributed by atoms with E-state index in [9.17, 15) is 0 Å². The van der Waals surface area contributed by atoms with E-state index >= 15 is 0 Å². The first-order chi connectivity index (χ1) is 9.10. The molecule has 1 aromatic rings. The Morgan fingerprint density at radius 3 is 2.74 bits per heavy atom. The highest BCUT2D eigenvalue weighted by atomic mass is 16.5.